The Morgan fingerprint density at radius 3 is 1.40 bits per heavy atom. The van der Waals surface area contributed by atoms with Crippen molar-refractivity contribution in [2.24, 2.45) is 0 Å². The summed E-state index contributed by atoms with van der Waals surface area (Å²) in [5, 5.41) is 0. The predicted molar refractivity (Wildman–Crippen MR) is 59.0 cm³/mol. The summed E-state index contributed by atoms with van der Waals surface area (Å²) >= 11 is 0. The zero-order valence-electron chi connectivity index (χ0n) is 8.26. The van der Waals surface area contributed by atoms with E-state index in [1.165, 1.54) is 11.1 Å². The number of benzene rings is 2. The van der Waals surface area contributed by atoms with Crippen LogP contribution in [0, 0.1) is 6.61 Å². The van der Waals surface area contributed by atoms with Gasteiger partial charge in [0.1, 0.15) is 12.2 Å². The zero-order chi connectivity index (χ0) is 10.1. The average Bonchev–Trinajstić information content (AvgIpc) is 3.13. The molecule has 2 aromatic carbocycles. The lowest BCUT2D eigenvalue weighted by Gasteiger charge is -2.11. The fourth-order valence-corrected chi connectivity index (χ4v) is 1.87. The van der Waals surface area contributed by atoms with E-state index < -0.39 is 0 Å². The third-order valence-electron chi connectivity index (χ3n) is 2.76. The van der Waals surface area contributed by atoms with E-state index >= 15 is 0 Å². The topological polar surface area (TPSA) is 12.5 Å². The molecule has 15 heavy (non-hydrogen) atoms. The predicted octanol–water partition coefficient (Wildman–Crippen LogP) is 3.12. The fraction of sp³-hybridized carbons (Fsp3) is 0.0714. The van der Waals surface area contributed by atoms with E-state index in [4.69, 9.17) is 4.74 Å². The van der Waals surface area contributed by atoms with Crippen LogP contribution in [0.1, 0.15) is 11.1 Å². The van der Waals surface area contributed by atoms with Crippen LogP contribution in [0.3, 0.4) is 0 Å². The molecule has 0 spiro atoms. The van der Waals surface area contributed by atoms with E-state index in [1.807, 2.05) is 43.0 Å². The minimum atomic E-state index is -0.289. The Balaban J connectivity index is 2.06. The van der Waals surface area contributed by atoms with E-state index in [-0.39, 0.29) is 5.60 Å². The Morgan fingerprint density at radius 2 is 1.07 bits per heavy atom. The molecule has 1 heteroatoms. The molecule has 1 radical (unpaired) electrons. The Labute approximate surface area is 89.3 Å². The van der Waals surface area contributed by atoms with Gasteiger partial charge in [-0.2, -0.15) is 0 Å². The summed E-state index contributed by atoms with van der Waals surface area (Å²) in [7, 11) is 0. The second-order valence-electron chi connectivity index (χ2n) is 3.70. The molecule has 1 fully saturated rings. The van der Waals surface area contributed by atoms with Crippen LogP contribution in [0.5, 0.6) is 0 Å². The van der Waals surface area contributed by atoms with Gasteiger partial charge in [0.05, 0.1) is 0 Å². The number of hydrogen-bond donors (Lipinski definition) is 0. The zero-order valence-corrected chi connectivity index (χ0v) is 8.26. The van der Waals surface area contributed by atoms with E-state index in [0.29, 0.717) is 0 Å². The number of epoxide rings is 1. The molecular formula is C14H11O. The van der Waals surface area contributed by atoms with E-state index in [1.54, 1.807) is 0 Å². The molecule has 0 aliphatic carbocycles. The maximum absolute atomic E-state index is 5.54. The van der Waals surface area contributed by atoms with Crippen LogP contribution >= 0.6 is 0 Å². The van der Waals surface area contributed by atoms with Crippen LogP contribution in [0.2, 0.25) is 0 Å². The van der Waals surface area contributed by atoms with Crippen molar-refractivity contribution in [3.63, 3.8) is 0 Å². The lowest BCUT2D eigenvalue weighted by molar-refractivity contribution is 0.358. The lowest BCUT2D eigenvalue weighted by Crippen LogP contribution is -2.08. The van der Waals surface area contributed by atoms with Crippen LogP contribution in [0.25, 0.3) is 0 Å². The van der Waals surface area contributed by atoms with Crippen LogP contribution in [-0.4, -0.2) is 0 Å². The van der Waals surface area contributed by atoms with Crippen molar-refractivity contribution in [1.82, 2.24) is 0 Å². The van der Waals surface area contributed by atoms with E-state index in [2.05, 4.69) is 24.3 Å². The highest BCUT2D eigenvalue weighted by molar-refractivity contribution is 5.43. The molecule has 3 rings (SSSR count). The van der Waals surface area contributed by atoms with Crippen LogP contribution in [0.15, 0.2) is 60.7 Å². The smallest absolute Gasteiger partial charge is 0.148 e. The molecule has 0 bridgehead atoms. The highest BCUT2D eigenvalue weighted by Crippen LogP contribution is 2.48. The molecule has 0 atom stereocenters. The first-order chi connectivity index (χ1) is 7.42. The standard InChI is InChI=1S/C14H11O/c1-3-7-12(8-4-1)14(11-15-14)13-9-5-2-6-10-13/h1-11H. The second-order valence-corrected chi connectivity index (χ2v) is 3.70. The summed E-state index contributed by atoms with van der Waals surface area (Å²) in [4.78, 5) is 0. The molecule has 73 valence electrons. The van der Waals surface area contributed by atoms with Crippen molar-refractivity contribution in [2.45, 2.75) is 5.60 Å². The minimum absolute atomic E-state index is 0.289. The molecule has 0 amide bonds. The molecule has 2 aromatic rings. The Kier molecular flexibility index (Phi) is 1.86. The summed E-state index contributed by atoms with van der Waals surface area (Å²) < 4.78 is 5.54. The molecule has 0 saturated carbocycles. The Morgan fingerprint density at radius 1 is 0.667 bits per heavy atom. The van der Waals surface area contributed by atoms with Crippen LogP contribution in [0.4, 0.5) is 0 Å². The molecule has 0 unspecified atom stereocenters. The van der Waals surface area contributed by atoms with E-state index in [0.717, 1.165) is 0 Å². The van der Waals surface area contributed by atoms with Crippen molar-refractivity contribution >= 4 is 0 Å². The van der Waals surface area contributed by atoms with Crippen LogP contribution < -0.4 is 0 Å². The maximum atomic E-state index is 5.54. The number of rotatable bonds is 2. The van der Waals surface area contributed by atoms with Crippen molar-refractivity contribution in [3.05, 3.63) is 78.4 Å². The van der Waals surface area contributed by atoms with Gasteiger partial charge in [-0.05, 0) is 11.1 Å². The van der Waals surface area contributed by atoms with Crippen LogP contribution in [-0.2, 0) is 10.3 Å². The molecule has 1 saturated heterocycles. The summed E-state index contributed by atoms with van der Waals surface area (Å²) in [5.74, 6) is 0. The second kappa shape index (κ2) is 3.21. The monoisotopic (exact) mass is 195 g/mol. The summed E-state index contributed by atoms with van der Waals surface area (Å²) in [6.07, 6.45) is 0. The number of ether oxygens (including phenoxy) is 1. The molecule has 1 aliphatic rings. The van der Waals surface area contributed by atoms with Gasteiger partial charge in [-0.3, -0.25) is 0 Å². The quantitative estimate of drug-likeness (QED) is 0.671. The first kappa shape index (κ1) is 8.69. The highest BCUT2D eigenvalue weighted by Gasteiger charge is 2.48. The van der Waals surface area contributed by atoms with Gasteiger partial charge in [0.15, 0.2) is 0 Å². The van der Waals surface area contributed by atoms with E-state index in [9.17, 15) is 0 Å². The van der Waals surface area contributed by atoms with Gasteiger partial charge in [0.25, 0.3) is 0 Å². The molecule has 1 aliphatic heterocycles. The molecule has 0 aromatic heterocycles. The largest absolute Gasteiger partial charge is 0.353 e. The third kappa shape index (κ3) is 1.36. The fourth-order valence-electron chi connectivity index (χ4n) is 1.87. The average molecular weight is 195 g/mol. The summed E-state index contributed by atoms with van der Waals surface area (Å²) in [5.41, 5.74) is 2.09. The SMILES string of the molecule is [CH]1OC1(c1ccccc1)c1ccccc1. The van der Waals surface area contributed by atoms with Crippen molar-refractivity contribution in [2.75, 3.05) is 0 Å². The highest BCUT2D eigenvalue weighted by atomic mass is 16.6. The Bertz CT molecular complexity index is 402. The van der Waals surface area contributed by atoms with Gasteiger partial charge in [-0.1, -0.05) is 60.7 Å². The summed E-state index contributed by atoms with van der Waals surface area (Å²) in [6, 6.07) is 20.6. The van der Waals surface area contributed by atoms with Crippen molar-refractivity contribution in [1.29, 1.82) is 0 Å². The summed E-state index contributed by atoms with van der Waals surface area (Å²) in [6.45, 7) is 1.89. The lowest BCUT2D eigenvalue weighted by atomic mass is 9.92. The van der Waals surface area contributed by atoms with Gasteiger partial charge in [-0.15, -0.1) is 0 Å². The maximum Gasteiger partial charge on any atom is 0.148 e. The first-order valence-corrected chi connectivity index (χ1v) is 5.05. The third-order valence-corrected chi connectivity index (χ3v) is 2.76. The first-order valence-electron chi connectivity index (χ1n) is 5.05. The van der Waals surface area contributed by atoms with Gasteiger partial charge in [0, 0.05) is 0 Å². The van der Waals surface area contributed by atoms with Gasteiger partial charge in [0.2, 0.25) is 0 Å². The molecule has 1 nitrogen and oxygen atoms in total. The van der Waals surface area contributed by atoms with Crippen molar-refractivity contribution < 1.29 is 4.74 Å². The van der Waals surface area contributed by atoms with Crippen molar-refractivity contribution in [3.8, 4) is 0 Å². The van der Waals surface area contributed by atoms with Gasteiger partial charge >= 0.3 is 0 Å². The molecular weight excluding hydrogens is 184 g/mol. The Hall–Kier alpha value is -1.60. The van der Waals surface area contributed by atoms with Gasteiger partial charge < -0.3 is 4.74 Å². The minimum Gasteiger partial charge on any atom is -0.353 e. The number of hydrogen-bond acceptors (Lipinski definition) is 1. The van der Waals surface area contributed by atoms with Gasteiger partial charge in [-0.25, -0.2) is 0 Å². The molecule has 0 N–H and O–H groups in total. The molecule has 1 heterocycles. The normalized spacial score (nSPS) is 17.3.